The Bertz CT molecular complexity index is 638. The number of aryl methyl sites for hydroxylation is 2. The molecule has 0 aliphatic rings. The second-order valence-electron chi connectivity index (χ2n) is 5.33. The van der Waals surface area contributed by atoms with Crippen molar-refractivity contribution >= 4 is 17.5 Å². The zero-order valence-electron chi connectivity index (χ0n) is 13.3. The molecule has 2 rings (SSSR count). The first kappa shape index (κ1) is 15.9. The predicted molar refractivity (Wildman–Crippen MR) is 89.3 cm³/mol. The first-order chi connectivity index (χ1) is 10.6. The Kier molecular flexibility index (Phi) is 5.47. The molecule has 0 unspecified atom stereocenters. The van der Waals surface area contributed by atoms with Gasteiger partial charge in [0.25, 0.3) is 5.91 Å². The summed E-state index contributed by atoms with van der Waals surface area (Å²) in [6, 6.07) is 5.83. The van der Waals surface area contributed by atoms with Crippen molar-refractivity contribution in [3.63, 3.8) is 0 Å². The summed E-state index contributed by atoms with van der Waals surface area (Å²) in [6.07, 6.45) is 5.26. The fourth-order valence-electron chi connectivity index (χ4n) is 1.94. The Morgan fingerprint density at radius 3 is 2.50 bits per heavy atom. The summed E-state index contributed by atoms with van der Waals surface area (Å²) in [6.45, 7) is 7.03. The third-order valence-electron chi connectivity index (χ3n) is 3.49. The van der Waals surface area contributed by atoms with Crippen LogP contribution in [0.25, 0.3) is 0 Å². The number of amides is 1. The highest BCUT2D eigenvalue weighted by Crippen LogP contribution is 2.15. The van der Waals surface area contributed by atoms with E-state index in [1.807, 2.05) is 32.0 Å². The largest absolute Gasteiger partial charge is 0.354 e. The zero-order chi connectivity index (χ0) is 15.9. The summed E-state index contributed by atoms with van der Waals surface area (Å²) in [4.78, 5) is 20.5. The van der Waals surface area contributed by atoms with Crippen molar-refractivity contribution in [1.29, 1.82) is 0 Å². The normalized spacial score (nSPS) is 10.3. The number of hydrogen-bond acceptors (Lipinski definition) is 4. The Morgan fingerprint density at radius 2 is 1.86 bits per heavy atom. The number of nitrogens with zero attached hydrogens (tertiary/aromatic N) is 2. The monoisotopic (exact) mass is 298 g/mol. The van der Waals surface area contributed by atoms with Gasteiger partial charge in [-0.2, -0.15) is 0 Å². The lowest BCUT2D eigenvalue weighted by molar-refractivity contribution is 0.102. The summed E-state index contributed by atoms with van der Waals surface area (Å²) in [7, 11) is 0. The van der Waals surface area contributed by atoms with Crippen LogP contribution in [-0.2, 0) is 0 Å². The van der Waals surface area contributed by atoms with Crippen LogP contribution in [0.15, 0.2) is 30.6 Å². The molecule has 1 aromatic carbocycles. The number of hydrogen-bond donors (Lipinski definition) is 2. The second kappa shape index (κ2) is 7.54. The van der Waals surface area contributed by atoms with E-state index in [0.29, 0.717) is 11.5 Å². The van der Waals surface area contributed by atoms with E-state index in [1.165, 1.54) is 18.0 Å². The Morgan fingerprint density at radius 1 is 1.14 bits per heavy atom. The molecule has 0 spiro atoms. The molecule has 0 fully saturated rings. The molecule has 5 nitrogen and oxygen atoms in total. The van der Waals surface area contributed by atoms with Crippen LogP contribution in [0.4, 0.5) is 11.6 Å². The molecule has 0 bridgehead atoms. The molecular formula is C17H22N4O. The van der Waals surface area contributed by atoms with Crippen molar-refractivity contribution in [2.75, 3.05) is 17.2 Å². The maximum atomic E-state index is 12.2. The van der Waals surface area contributed by atoms with E-state index in [1.54, 1.807) is 0 Å². The van der Waals surface area contributed by atoms with E-state index in [2.05, 4.69) is 27.5 Å². The van der Waals surface area contributed by atoms with Crippen LogP contribution in [0.1, 0.15) is 41.3 Å². The molecule has 22 heavy (non-hydrogen) atoms. The maximum Gasteiger partial charge on any atom is 0.258 e. The average Bonchev–Trinajstić information content (AvgIpc) is 2.52. The van der Waals surface area contributed by atoms with E-state index in [4.69, 9.17) is 0 Å². The van der Waals surface area contributed by atoms with Gasteiger partial charge in [0.2, 0.25) is 5.95 Å². The Balaban J connectivity index is 1.98. The van der Waals surface area contributed by atoms with Crippen LogP contribution >= 0.6 is 0 Å². The molecule has 0 saturated heterocycles. The van der Waals surface area contributed by atoms with E-state index in [-0.39, 0.29) is 5.91 Å². The van der Waals surface area contributed by atoms with Crippen molar-refractivity contribution in [2.24, 2.45) is 0 Å². The molecular weight excluding hydrogens is 276 g/mol. The highest BCUT2D eigenvalue weighted by molar-refractivity contribution is 6.03. The quantitative estimate of drug-likeness (QED) is 0.800. The minimum Gasteiger partial charge on any atom is -0.354 e. The van der Waals surface area contributed by atoms with Crippen LogP contribution in [0.5, 0.6) is 0 Å². The minimum absolute atomic E-state index is 0.205. The predicted octanol–water partition coefficient (Wildman–Crippen LogP) is 3.56. The van der Waals surface area contributed by atoms with Gasteiger partial charge in [-0.1, -0.05) is 19.4 Å². The third kappa shape index (κ3) is 4.28. The van der Waals surface area contributed by atoms with Crippen LogP contribution in [0.2, 0.25) is 0 Å². The van der Waals surface area contributed by atoms with Gasteiger partial charge >= 0.3 is 0 Å². The number of unbranched alkanes of at least 4 members (excludes halogenated alkanes) is 1. The maximum absolute atomic E-state index is 12.2. The highest BCUT2D eigenvalue weighted by atomic mass is 16.1. The fraction of sp³-hybridized carbons (Fsp3) is 0.353. The highest BCUT2D eigenvalue weighted by Gasteiger charge is 2.08. The second-order valence-corrected chi connectivity index (χ2v) is 5.33. The summed E-state index contributed by atoms with van der Waals surface area (Å²) in [5.41, 5.74) is 3.56. The molecule has 1 aromatic heterocycles. The van der Waals surface area contributed by atoms with Crippen molar-refractivity contribution in [1.82, 2.24) is 9.97 Å². The van der Waals surface area contributed by atoms with E-state index < -0.39 is 0 Å². The van der Waals surface area contributed by atoms with E-state index in [0.717, 1.165) is 30.6 Å². The molecule has 0 aliphatic carbocycles. The lowest BCUT2D eigenvalue weighted by Gasteiger charge is -2.08. The van der Waals surface area contributed by atoms with Gasteiger partial charge in [-0.15, -0.1) is 0 Å². The van der Waals surface area contributed by atoms with Gasteiger partial charge in [0.05, 0.1) is 5.56 Å². The van der Waals surface area contributed by atoms with Crippen LogP contribution in [0, 0.1) is 13.8 Å². The van der Waals surface area contributed by atoms with Gasteiger partial charge in [0.15, 0.2) is 0 Å². The molecule has 5 heteroatoms. The van der Waals surface area contributed by atoms with Crippen molar-refractivity contribution in [3.8, 4) is 0 Å². The summed E-state index contributed by atoms with van der Waals surface area (Å²) < 4.78 is 0. The van der Waals surface area contributed by atoms with Crippen molar-refractivity contribution < 1.29 is 4.79 Å². The van der Waals surface area contributed by atoms with Gasteiger partial charge in [-0.3, -0.25) is 4.79 Å². The van der Waals surface area contributed by atoms with Gasteiger partial charge in [-0.25, -0.2) is 9.97 Å². The lowest BCUT2D eigenvalue weighted by Crippen LogP contribution is -2.14. The minimum atomic E-state index is -0.205. The van der Waals surface area contributed by atoms with Gasteiger partial charge < -0.3 is 10.6 Å². The molecule has 0 aliphatic heterocycles. The number of benzene rings is 1. The van der Waals surface area contributed by atoms with Crippen LogP contribution in [-0.4, -0.2) is 22.4 Å². The first-order valence-electron chi connectivity index (χ1n) is 7.54. The summed E-state index contributed by atoms with van der Waals surface area (Å²) in [5, 5.41) is 5.98. The number of carbonyl (C=O) groups is 1. The fourth-order valence-corrected chi connectivity index (χ4v) is 1.94. The molecule has 0 radical (unpaired) electrons. The van der Waals surface area contributed by atoms with Gasteiger partial charge in [0.1, 0.15) is 0 Å². The van der Waals surface area contributed by atoms with Gasteiger partial charge in [-0.05, 0) is 43.5 Å². The zero-order valence-corrected chi connectivity index (χ0v) is 13.3. The number of carbonyl (C=O) groups excluding carboxylic acids is 1. The van der Waals surface area contributed by atoms with Crippen molar-refractivity contribution in [3.05, 3.63) is 47.3 Å². The average molecular weight is 298 g/mol. The molecule has 2 aromatic rings. The molecule has 1 heterocycles. The number of rotatable bonds is 6. The molecule has 0 saturated carbocycles. The summed E-state index contributed by atoms with van der Waals surface area (Å²) >= 11 is 0. The summed E-state index contributed by atoms with van der Waals surface area (Å²) in [5.74, 6) is 0.347. The van der Waals surface area contributed by atoms with Crippen LogP contribution < -0.4 is 10.6 Å². The standard InChI is InChI=1S/C17H22N4O/c1-4-5-8-18-17-19-10-14(11-20-17)16(22)21-15-7-6-12(2)13(3)9-15/h6-7,9-11H,4-5,8H2,1-3H3,(H,21,22)(H,18,19,20). The topological polar surface area (TPSA) is 66.9 Å². The molecule has 2 N–H and O–H groups in total. The van der Waals surface area contributed by atoms with Crippen LogP contribution in [0.3, 0.4) is 0 Å². The van der Waals surface area contributed by atoms with Crippen molar-refractivity contribution in [2.45, 2.75) is 33.6 Å². The molecule has 0 atom stereocenters. The molecule has 1 amide bonds. The number of nitrogens with one attached hydrogen (secondary N) is 2. The lowest BCUT2D eigenvalue weighted by atomic mass is 10.1. The third-order valence-corrected chi connectivity index (χ3v) is 3.49. The number of aromatic nitrogens is 2. The van der Waals surface area contributed by atoms with E-state index >= 15 is 0 Å². The Labute approximate surface area is 131 Å². The Hall–Kier alpha value is -2.43. The smallest absolute Gasteiger partial charge is 0.258 e. The first-order valence-corrected chi connectivity index (χ1v) is 7.54. The van der Waals surface area contributed by atoms with E-state index in [9.17, 15) is 4.79 Å². The number of anilines is 2. The van der Waals surface area contributed by atoms with Gasteiger partial charge in [0, 0.05) is 24.6 Å². The SMILES string of the molecule is CCCCNc1ncc(C(=O)Nc2ccc(C)c(C)c2)cn1. The molecule has 116 valence electrons.